The van der Waals surface area contributed by atoms with E-state index in [0.717, 1.165) is 31.5 Å². The Morgan fingerprint density at radius 2 is 1.23 bits per heavy atom. The lowest BCUT2D eigenvalue weighted by Gasteiger charge is -2.13. The number of carbonyl (C=O) groups excluding carboxylic acids is 1. The molecule has 0 spiro atoms. The fourth-order valence-corrected chi connectivity index (χ4v) is 1.90. The summed E-state index contributed by atoms with van der Waals surface area (Å²) in [7, 11) is 2.07. The van der Waals surface area contributed by atoms with Crippen LogP contribution in [0.4, 0.5) is 4.79 Å². The number of hydrogen-bond acceptors (Lipinski definition) is 8. The van der Waals surface area contributed by atoms with Gasteiger partial charge in [-0.25, -0.2) is 0 Å². The van der Waals surface area contributed by atoms with E-state index in [1.54, 1.807) is 6.26 Å². The van der Waals surface area contributed by atoms with Gasteiger partial charge >= 0.3 is 0 Å². The number of thioether (sulfide) groups is 1. The van der Waals surface area contributed by atoms with Crippen molar-refractivity contribution in [2.45, 2.75) is 6.92 Å². The summed E-state index contributed by atoms with van der Waals surface area (Å²) in [6, 6.07) is 0. The van der Waals surface area contributed by atoms with Crippen molar-refractivity contribution in [3.63, 3.8) is 0 Å². The van der Waals surface area contributed by atoms with Crippen LogP contribution in [0, 0.1) is 0 Å². The Bertz CT molecular complexity index is 313. The molecule has 9 heteroatoms. The van der Waals surface area contributed by atoms with Gasteiger partial charge in [0.15, 0.2) is 0 Å². The predicted octanol–water partition coefficient (Wildman–Crippen LogP) is 1.09. The molecule has 0 heterocycles. The molecule has 0 aliphatic carbocycles. The summed E-state index contributed by atoms with van der Waals surface area (Å²) in [6.07, 6.45) is 1.74. The average Bonchev–Trinajstić information content (AvgIpc) is 2.66. The molecule has 0 aliphatic rings. The van der Waals surface area contributed by atoms with E-state index in [1.807, 2.05) is 0 Å². The molecule has 1 amide bonds. The van der Waals surface area contributed by atoms with E-state index in [2.05, 4.69) is 24.2 Å². The molecule has 8 nitrogen and oxygen atoms in total. The summed E-state index contributed by atoms with van der Waals surface area (Å²) in [5.41, 5.74) is 0. The molecule has 0 radical (unpaired) electrons. The molecule has 156 valence electrons. The van der Waals surface area contributed by atoms with E-state index in [-0.39, 0.29) is 5.24 Å². The number of likely N-dealkylation sites (N-methyl/N-ethyl adjacent to an activating group) is 1. The average molecular weight is 397 g/mol. The van der Waals surface area contributed by atoms with Gasteiger partial charge in [0.05, 0.1) is 66.1 Å². The van der Waals surface area contributed by atoms with E-state index < -0.39 is 0 Å². The van der Waals surface area contributed by atoms with Gasteiger partial charge in [-0.3, -0.25) is 4.79 Å². The number of ether oxygens (including phenoxy) is 5. The van der Waals surface area contributed by atoms with E-state index in [4.69, 9.17) is 23.7 Å². The fourth-order valence-electron chi connectivity index (χ4n) is 1.66. The molecule has 0 aromatic heterocycles. The van der Waals surface area contributed by atoms with Crippen molar-refractivity contribution in [3.05, 3.63) is 0 Å². The smallest absolute Gasteiger partial charge is 0.278 e. The van der Waals surface area contributed by atoms with Crippen LogP contribution in [0.2, 0.25) is 0 Å². The Morgan fingerprint density at radius 3 is 1.65 bits per heavy atom. The Kier molecular flexibility index (Phi) is 20.5. The molecule has 0 rings (SSSR count). The highest BCUT2D eigenvalue weighted by Gasteiger charge is 1.97. The van der Waals surface area contributed by atoms with Gasteiger partial charge in [0, 0.05) is 13.1 Å². The number of amides is 1. The lowest BCUT2D eigenvalue weighted by atomic mass is 10.5. The summed E-state index contributed by atoms with van der Waals surface area (Å²) < 4.78 is 27.0. The number of nitrogens with one attached hydrogen (secondary N) is 1. The first kappa shape index (κ1) is 25.6. The van der Waals surface area contributed by atoms with Gasteiger partial charge in [-0.1, -0.05) is 18.7 Å². The van der Waals surface area contributed by atoms with Gasteiger partial charge in [0.1, 0.15) is 0 Å². The molecule has 1 N–H and O–H groups in total. The standard InChI is InChI=1S/C17H36N2O6S/c1-4-19(2)6-8-22-10-12-24-14-16-25-15-13-23-11-9-21-7-5-18-17(20)26-3/h4-16H2,1-3H3,(H,18,20). The van der Waals surface area contributed by atoms with Crippen molar-refractivity contribution in [1.29, 1.82) is 0 Å². The minimum Gasteiger partial charge on any atom is -0.378 e. The summed E-state index contributed by atoms with van der Waals surface area (Å²) >= 11 is 1.15. The first-order valence-corrected chi connectivity index (χ1v) is 10.3. The molecule has 0 bridgehead atoms. The van der Waals surface area contributed by atoms with E-state index in [1.165, 1.54) is 0 Å². The van der Waals surface area contributed by atoms with Crippen LogP contribution in [0.25, 0.3) is 0 Å². The van der Waals surface area contributed by atoms with Gasteiger partial charge < -0.3 is 33.9 Å². The SMILES string of the molecule is CCN(C)CCOCCOCCOCCOCCOCCNC(=O)SC. The maximum atomic E-state index is 10.9. The molecule has 0 aliphatic heterocycles. The summed E-state index contributed by atoms with van der Waals surface area (Å²) in [4.78, 5) is 13.1. The first-order valence-electron chi connectivity index (χ1n) is 9.09. The largest absolute Gasteiger partial charge is 0.378 e. The maximum Gasteiger partial charge on any atom is 0.278 e. The van der Waals surface area contributed by atoms with Crippen molar-refractivity contribution < 1.29 is 28.5 Å². The van der Waals surface area contributed by atoms with Crippen LogP contribution in [0.15, 0.2) is 0 Å². The van der Waals surface area contributed by atoms with Crippen molar-refractivity contribution >= 4 is 17.0 Å². The third-order valence-corrected chi connectivity index (χ3v) is 3.86. The molecule has 0 atom stereocenters. The predicted molar refractivity (Wildman–Crippen MR) is 104 cm³/mol. The third kappa shape index (κ3) is 19.9. The molecule has 0 unspecified atom stereocenters. The zero-order chi connectivity index (χ0) is 19.3. The maximum absolute atomic E-state index is 10.9. The van der Waals surface area contributed by atoms with Gasteiger partial charge in [0.25, 0.3) is 5.24 Å². The molecule has 0 saturated heterocycles. The Hall–Kier alpha value is -0.420. The second-order valence-electron chi connectivity index (χ2n) is 5.38. The van der Waals surface area contributed by atoms with Crippen LogP contribution in [0.5, 0.6) is 0 Å². The van der Waals surface area contributed by atoms with Crippen molar-refractivity contribution in [2.24, 2.45) is 0 Å². The highest BCUT2D eigenvalue weighted by molar-refractivity contribution is 8.12. The third-order valence-electron chi connectivity index (χ3n) is 3.35. The Morgan fingerprint density at radius 1 is 0.808 bits per heavy atom. The zero-order valence-corrected chi connectivity index (χ0v) is 17.3. The lowest BCUT2D eigenvalue weighted by molar-refractivity contribution is -0.0115. The van der Waals surface area contributed by atoms with E-state index >= 15 is 0 Å². The molecular formula is C17H36N2O6S. The zero-order valence-electron chi connectivity index (χ0n) is 16.5. The Labute approximate surface area is 162 Å². The van der Waals surface area contributed by atoms with Crippen molar-refractivity contribution in [2.75, 3.05) is 99.0 Å². The van der Waals surface area contributed by atoms with Gasteiger partial charge in [-0.15, -0.1) is 0 Å². The van der Waals surface area contributed by atoms with Crippen molar-refractivity contribution in [1.82, 2.24) is 10.2 Å². The molecule has 0 saturated carbocycles. The van der Waals surface area contributed by atoms with Gasteiger partial charge in [0.2, 0.25) is 0 Å². The van der Waals surface area contributed by atoms with E-state index in [0.29, 0.717) is 66.0 Å². The number of hydrogen-bond donors (Lipinski definition) is 1. The van der Waals surface area contributed by atoms with Crippen LogP contribution in [-0.2, 0) is 23.7 Å². The second kappa shape index (κ2) is 20.9. The molecule has 0 aromatic carbocycles. The molecule has 26 heavy (non-hydrogen) atoms. The molecular weight excluding hydrogens is 360 g/mol. The summed E-state index contributed by atoms with van der Waals surface area (Å²) in [5.74, 6) is 0. The van der Waals surface area contributed by atoms with Gasteiger partial charge in [-0.05, 0) is 19.8 Å². The van der Waals surface area contributed by atoms with E-state index in [9.17, 15) is 4.79 Å². The van der Waals surface area contributed by atoms with Crippen LogP contribution in [0.1, 0.15) is 6.92 Å². The lowest BCUT2D eigenvalue weighted by Crippen LogP contribution is -2.24. The monoisotopic (exact) mass is 396 g/mol. The Balaban J connectivity index is 3.04. The van der Waals surface area contributed by atoms with Crippen LogP contribution >= 0.6 is 11.8 Å². The van der Waals surface area contributed by atoms with Gasteiger partial charge in [-0.2, -0.15) is 0 Å². The van der Waals surface area contributed by atoms with Crippen LogP contribution in [-0.4, -0.2) is 109 Å². The second-order valence-corrected chi connectivity index (χ2v) is 6.16. The highest BCUT2D eigenvalue weighted by Crippen LogP contribution is 1.91. The van der Waals surface area contributed by atoms with Crippen molar-refractivity contribution in [3.8, 4) is 0 Å². The molecule has 0 aromatic rings. The summed E-state index contributed by atoms with van der Waals surface area (Å²) in [6.45, 7) is 10.2. The highest BCUT2D eigenvalue weighted by atomic mass is 32.2. The van der Waals surface area contributed by atoms with Crippen LogP contribution in [0.3, 0.4) is 0 Å². The topological polar surface area (TPSA) is 78.5 Å². The quantitative estimate of drug-likeness (QED) is 0.325. The molecule has 0 fully saturated rings. The van der Waals surface area contributed by atoms with Crippen LogP contribution < -0.4 is 5.32 Å². The summed E-state index contributed by atoms with van der Waals surface area (Å²) in [5, 5.41) is 2.66. The number of rotatable bonds is 19. The minimum atomic E-state index is -0.0432. The number of nitrogens with zero attached hydrogens (tertiary/aromatic N) is 1. The fraction of sp³-hybridized carbons (Fsp3) is 0.941. The first-order chi connectivity index (χ1) is 12.7. The minimum absolute atomic E-state index is 0.0432. The number of carbonyl (C=O) groups is 1. The normalized spacial score (nSPS) is 11.2.